The number of hydrogen-bond acceptors (Lipinski definition) is 7. The van der Waals surface area contributed by atoms with Crippen LogP contribution in [0.3, 0.4) is 0 Å². The predicted molar refractivity (Wildman–Crippen MR) is 114 cm³/mol. The van der Waals surface area contributed by atoms with E-state index in [9.17, 15) is 0 Å². The first-order valence-corrected chi connectivity index (χ1v) is 10.8. The molecule has 0 radical (unpaired) electrons. The lowest BCUT2D eigenvalue weighted by Crippen LogP contribution is -2.15. The van der Waals surface area contributed by atoms with Crippen LogP contribution < -0.4 is 9.47 Å². The van der Waals surface area contributed by atoms with E-state index < -0.39 is 0 Å². The zero-order valence-electron chi connectivity index (χ0n) is 16.4. The van der Waals surface area contributed by atoms with E-state index in [0.717, 1.165) is 40.0 Å². The van der Waals surface area contributed by atoms with Gasteiger partial charge in [0.1, 0.15) is 13.2 Å². The Kier molecular flexibility index (Phi) is 5.15. The molecule has 0 saturated carbocycles. The van der Waals surface area contributed by atoms with Gasteiger partial charge in [0.2, 0.25) is 11.8 Å². The van der Waals surface area contributed by atoms with Crippen molar-refractivity contribution in [2.45, 2.75) is 24.4 Å². The molecule has 2 aromatic heterocycles. The van der Waals surface area contributed by atoms with Crippen LogP contribution in [0.1, 0.15) is 12.8 Å². The first-order chi connectivity index (χ1) is 14.8. The molecule has 5 rings (SSSR count). The zero-order chi connectivity index (χ0) is 20.3. The van der Waals surface area contributed by atoms with Crippen LogP contribution in [0, 0.1) is 0 Å². The van der Waals surface area contributed by atoms with Crippen molar-refractivity contribution in [2.24, 2.45) is 0 Å². The second-order valence-corrected chi connectivity index (χ2v) is 7.63. The molecule has 0 bridgehead atoms. The lowest BCUT2D eigenvalue weighted by molar-refractivity contribution is 0.171. The topological polar surface area (TPSA) is 75.2 Å². The Morgan fingerprint density at radius 1 is 0.967 bits per heavy atom. The van der Waals surface area contributed by atoms with E-state index in [1.807, 2.05) is 54.7 Å². The molecule has 0 saturated heterocycles. The Labute approximate surface area is 178 Å². The van der Waals surface area contributed by atoms with Gasteiger partial charge in [-0.25, -0.2) is 4.98 Å². The Balaban J connectivity index is 1.34. The average Bonchev–Trinajstić information content (AvgIpc) is 3.45. The third kappa shape index (κ3) is 3.66. The van der Waals surface area contributed by atoms with E-state index in [-0.39, 0.29) is 0 Å². The summed E-state index contributed by atoms with van der Waals surface area (Å²) in [5.74, 6) is 3.22. The van der Waals surface area contributed by atoms with E-state index >= 15 is 0 Å². The monoisotopic (exact) mass is 420 g/mol. The summed E-state index contributed by atoms with van der Waals surface area (Å²) in [6, 6.07) is 15.8. The van der Waals surface area contributed by atoms with Crippen molar-refractivity contribution in [1.29, 1.82) is 0 Å². The maximum Gasteiger partial charge on any atom is 0.247 e. The highest BCUT2D eigenvalue weighted by atomic mass is 32.2. The minimum absolute atomic E-state index is 0.530. The highest BCUT2D eigenvalue weighted by molar-refractivity contribution is 7.98. The molecule has 0 atom stereocenters. The van der Waals surface area contributed by atoms with E-state index in [1.54, 1.807) is 11.8 Å². The van der Waals surface area contributed by atoms with Crippen molar-refractivity contribution in [3.05, 3.63) is 60.6 Å². The Bertz CT molecular complexity index is 1160. The molecular weight excluding hydrogens is 400 g/mol. The molecule has 0 aliphatic carbocycles. The fourth-order valence-electron chi connectivity index (χ4n) is 3.35. The molecule has 4 aromatic rings. The highest BCUT2D eigenvalue weighted by Gasteiger charge is 2.17. The van der Waals surface area contributed by atoms with E-state index in [1.165, 1.54) is 0 Å². The van der Waals surface area contributed by atoms with Gasteiger partial charge in [0.05, 0.1) is 17.6 Å². The van der Waals surface area contributed by atoms with Crippen LogP contribution >= 0.6 is 11.8 Å². The van der Waals surface area contributed by atoms with Gasteiger partial charge in [-0.1, -0.05) is 30.0 Å². The zero-order valence-corrected chi connectivity index (χ0v) is 17.3. The number of benzene rings is 2. The van der Waals surface area contributed by atoms with Crippen LogP contribution in [0.2, 0.25) is 0 Å². The third-order valence-corrected chi connectivity index (χ3v) is 5.76. The molecule has 30 heavy (non-hydrogen) atoms. The van der Waals surface area contributed by atoms with E-state index in [4.69, 9.17) is 13.9 Å². The molecule has 8 heteroatoms. The van der Waals surface area contributed by atoms with Crippen molar-refractivity contribution in [3.8, 4) is 34.2 Å². The van der Waals surface area contributed by atoms with Gasteiger partial charge in [0.25, 0.3) is 0 Å². The third-order valence-electron chi connectivity index (χ3n) is 4.79. The van der Waals surface area contributed by atoms with Crippen molar-refractivity contribution in [1.82, 2.24) is 19.7 Å². The number of rotatable bonds is 6. The number of ether oxygens (including phenoxy) is 2. The Hall–Kier alpha value is -3.26. The van der Waals surface area contributed by atoms with Gasteiger partial charge >= 0.3 is 0 Å². The first kappa shape index (κ1) is 18.7. The molecule has 0 N–H and O–H groups in total. The van der Waals surface area contributed by atoms with Gasteiger partial charge in [0.15, 0.2) is 16.7 Å². The van der Waals surface area contributed by atoms with Gasteiger partial charge in [-0.05, 0) is 37.3 Å². The Morgan fingerprint density at radius 3 is 2.63 bits per heavy atom. The summed E-state index contributed by atoms with van der Waals surface area (Å²) in [7, 11) is 0. The summed E-state index contributed by atoms with van der Waals surface area (Å²) < 4.78 is 19.3. The molecule has 7 nitrogen and oxygen atoms in total. The summed E-state index contributed by atoms with van der Waals surface area (Å²) in [5, 5.41) is 9.23. The number of imidazole rings is 1. The fraction of sp³-hybridized carbons (Fsp3) is 0.227. The number of hydrogen-bond donors (Lipinski definition) is 0. The van der Waals surface area contributed by atoms with Crippen molar-refractivity contribution < 1.29 is 13.9 Å². The molecule has 0 spiro atoms. The largest absolute Gasteiger partial charge is 0.486 e. The van der Waals surface area contributed by atoms with Gasteiger partial charge in [-0.3, -0.25) is 0 Å². The SMILES string of the molecule is CCn1c(-c2ccc3c(c2)OCCO3)cnc1SCc1nnc(-c2ccccc2)o1. The maximum absolute atomic E-state index is 5.81. The molecule has 3 heterocycles. The van der Waals surface area contributed by atoms with Crippen LogP contribution in [0.4, 0.5) is 0 Å². The van der Waals surface area contributed by atoms with Crippen LogP contribution in [0.5, 0.6) is 11.5 Å². The van der Waals surface area contributed by atoms with Crippen molar-refractivity contribution in [2.75, 3.05) is 13.2 Å². The maximum atomic E-state index is 5.81. The summed E-state index contributed by atoms with van der Waals surface area (Å²) in [6.45, 7) is 4.06. The minimum atomic E-state index is 0.530. The lowest BCUT2D eigenvalue weighted by Gasteiger charge is -2.19. The summed E-state index contributed by atoms with van der Waals surface area (Å²) >= 11 is 1.58. The summed E-state index contributed by atoms with van der Waals surface area (Å²) in [5.41, 5.74) is 2.99. The number of thioether (sulfide) groups is 1. The lowest BCUT2D eigenvalue weighted by atomic mass is 10.1. The molecule has 2 aromatic carbocycles. The van der Waals surface area contributed by atoms with Gasteiger partial charge in [0, 0.05) is 17.7 Å². The smallest absolute Gasteiger partial charge is 0.247 e. The molecule has 0 fully saturated rings. The number of aromatic nitrogens is 4. The van der Waals surface area contributed by atoms with Crippen LogP contribution in [-0.2, 0) is 12.3 Å². The molecule has 0 unspecified atom stereocenters. The van der Waals surface area contributed by atoms with E-state index in [0.29, 0.717) is 30.7 Å². The van der Waals surface area contributed by atoms with Gasteiger partial charge < -0.3 is 18.5 Å². The predicted octanol–water partition coefficient (Wildman–Crippen LogP) is 4.68. The molecule has 0 amide bonds. The molecule has 152 valence electrons. The molecular formula is C22H20N4O3S. The first-order valence-electron chi connectivity index (χ1n) is 9.78. The second kappa shape index (κ2) is 8.23. The van der Waals surface area contributed by atoms with E-state index in [2.05, 4.69) is 26.7 Å². The Morgan fingerprint density at radius 2 is 1.80 bits per heavy atom. The fourth-order valence-corrected chi connectivity index (χ4v) is 4.23. The number of fused-ring (bicyclic) bond motifs is 1. The molecule has 1 aliphatic heterocycles. The minimum Gasteiger partial charge on any atom is -0.486 e. The van der Waals surface area contributed by atoms with Gasteiger partial charge in [-0.15, -0.1) is 10.2 Å². The quantitative estimate of drug-likeness (QED) is 0.419. The second-order valence-electron chi connectivity index (χ2n) is 6.68. The van der Waals surface area contributed by atoms with Crippen LogP contribution in [0.15, 0.2) is 64.3 Å². The highest BCUT2D eigenvalue weighted by Crippen LogP contribution is 2.36. The van der Waals surface area contributed by atoms with Gasteiger partial charge in [-0.2, -0.15) is 0 Å². The molecule has 1 aliphatic rings. The number of nitrogens with zero attached hydrogens (tertiary/aromatic N) is 4. The summed E-state index contributed by atoms with van der Waals surface area (Å²) in [4.78, 5) is 4.62. The van der Waals surface area contributed by atoms with Crippen LogP contribution in [-0.4, -0.2) is 33.0 Å². The van der Waals surface area contributed by atoms with Crippen molar-refractivity contribution >= 4 is 11.8 Å². The normalized spacial score (nSPS) is 12.8. The van der Waals surface area contributed by atoms with Crippen molar-refractivity contribution in [3.63, 3.8) is 0 Å². The standard InChI is InChI=1S/C22H20N4O3S/c1-2-26-17(16-8-9-18-19(12-16)28-11-10-27-18)13-23-22(26)30-14-20-24-25-21(29-20)15-6-4-3-5-7-15/h3-9,12-13H,2,10-11,14H2,1H3. The summed E-state index contributed by atoms with van der Waals surface area (Å²) in [6.07, 6.45) is 1.89. The van der Waals surface area contributed by atoms with Crippen LogP contribution in [0.25, 0.3) is 22.7 Å². The average molecular weight is 420 g/mol.